The first-order chi connectivity index (χ1) is 22.7. The maximum atomic E-state index is 13.7. The molecule has 5 rings (SSSR count). The first-order valence-electron chi connectivity index (χ1n) is 15.6. The van der Waals surface area contributed by atoms with Crippen LogP contribution in [0.2, 0.25) is 0 Å². The summed E-state index contributed by atoms with van der Waals surface area (Å²) in [6, 6.07) is 16.0. The van der Waals surface area contributed by atoms with E-state index in [1.807, 2.05) is 56.3 Å². The van der Waals surface area contributed by atoms with Gasteiger partial charge in [-0.2, -0.15) is 0 Å². The molecule has 2 aromatic carbocycles. The van der Waals surface area contributed by atoms with Crippen LogP contribution in [-0.4, -0.2) is 64.7 Å². The topological polar surface area (TPSA) is 159 Å². The Labute approximate surface area is 282 Å². The molecule has 1 aliphatic heterocycles. The van der Waals surface area contributed by atoms with Gasteiger partial charge in [0.2, 0.25) is 5.91 Å². The molecule has 2 atom stereocenters. The smallest absolute Gasteiger partial charge is 0.271 e. The normalized spacial score (nSPS) is 18.0. The zero-order valence-electron chi connectivity index (χ0n) is 26.4. The minimum Gasteiger partial charge on any atom is -0.351 e. The van der Waals surface area contributed by atoms with Gasteiger partial charge in [0.05, 0.1) is 18.6 Å². The van der Waals surface area contributed by atoms with Crippen molar-refractivity contribution in [3.63, 3.8) is 0 Å². The molecular weight excluding hydrogens is 635 g/mol. The van der Waals surface area contributed by atoms with E-state index in [2.05, 4.69) is 25.9 Å². The van der Waals surface area contributed by atoms with Gasteiger partial charge in [0, 0.05) is 29.4 Å². The maximum absolute atomic E-state index is 13.7. The summed E-state index contributed by atoms with van der Waals surface area (Å²) < 4.78 is 0. The van der Waals surface area contributed by atoms with E-state index < -0.39 is 12.1 Å². The molecule has 3 heterocycles. The Morgan fingerprint density at radius 3 is 2.30 bits per heavy atom. The number of carbonyl (C=O) groups is 4. The van der Waals surface area contributed by atoms with Crippen LogP contribution < -0.4 is 21.7 Å². The van der Waals surface area contributed by atoms with Gasteiger partial charge in [-0.25, -0.2) is 9.97 Å². The van der Waals surface area contributed by atoms with Crippen molar-refractivity contribution < 1.29 is 19.2 Å². The van der Waals surface area contributed by atoms with Gasteiger partial charge < -0.3 is 26.6 Å². The van der Waals surface area contributed by atoms with Gasteiger partial charge in [0.25, 0.3) is 17.7 Å². The quantitative estimate of drug-likeness (QED) is 0.242. The maximum Gasteiger partial charge on any atom is 0.271 e. The van der Waals surface area contributed by atoms with Crippen LogP contribution in [0.15, 0.2) is 65.4 Å². The number of nitrogens with zero attached hydrogens (tertiary/aromatic N) is 3. The van der Waals surface area contributed by atoms with E-state index in [4.69, 9.17) is 5.73 Å². The first-order valence-corrected chi connectivity index (χ1v) is 17.4. The third-order valence-electron chi connectivity index (χ3n) is 7.79. The van der Waals surface area contributed by atoms with E-state index in [1.54, 1.807) is 22.9 Å². The van der Waals surface area contributed by atoms with Crippen LogP contribution >= 0.6 is 22.7 Å². The lowest BCUT2D eigenvalue weighted by Crippen LogP contribution is -2.43. The molecule has 13 heteroatoms. The molecule has 11 nitrogen and oxygen atoms in total. The predicted molar refractivity (Wildman–Crippen MR) is 182 cm³/mol. The SMILES string of the molecule is CC(C)[C@@H]1NC(=O)c2csc(n2)C(Cc2ccccc2)NC(=O)CN(C(=O)c2ccc(CCN)cc2)CCCNC(=O)c2csc1n2. The largest absolute Gasteiger partial charge is 0.351 e. The van der Waals surface area contributed by atoms with E-state index >= 15 is 0 Å². The van der Waals surface area contributed by atoms with E-state index in [9.17, 15) is 19.2 Å². The molecular formula is C34H39N7O4S2. The van der Waals surface area contributed by atoms with Crippen molar-refractivity contribution in [1.29, 1.82) is 0 Å². The summed E-state index contributed by atoms with van der Waals surface area (Å²) >= 11 is 2.60. The van der Waals surface area contributed by atoms with Gasteiger partial charge in [-0.15, -0.1) is 22.7 Å². The first kappa shape index (κ1) is 33.9. The number of benzene rings is 2. The van der Waals surface area contributed by atoms with Crippen LogP contribution in [0.1, 0.15) is 84.8 Å². The molecule has 4 amide bonds. The van der Waals surface area contributed by atoms with E-state index in [0.717, 1.165) is 11.1 Å². The lowest BCUT2D eigenvalue weighted by Gasteiger charge is -2.24. The van der Waals surface area contributed by atoms with E-state index in [1.165, 1.54) is 27.6 Å². The molecule has 1 unspecified atom stereocenters. The Kier molecular flexibility index (Phi) is 11.5. The molecule has 0 radical (unpaired) electrons. The fraction of sp³-hybridized carbons (Fsp3) is 0.353. The molecule has 4 aromatic rings. The molecule has 0 spiro atoms. The molecule has 47 heavy (non-hydrogen) atoms. The van der Waals surface area contributed by atoms with Crippen LogP contribution in [0, 0.1) is 5.92 Å². The van der Waals surface area contributed by atoms with Gasteiger partial charge in [0.15, 0.2) is 0 Å². The number of hydrogen-bond acceptors (Lipinski definition) is 9. The van der Waals surface area contributed by atoms with E-state index in [-0.39, 0.29) is 60.6 Å². The summed E-state index contributed by atoms with van der Waals surface area (Å²) in [4.78, 5) is 64.4. The predicted octanol–water partition coefficient (Wildman–Crippen LogP) is 3.90. The van der Waals surface area contributed by atoms with Gasteiger partial charge >= 0.3 is 0 Å². The summed E-state index contributed by atoms with van der Waals surface area (Å²) in [6.45, 7) is 4.75. The molecule has 2 aromatic heterocycles. The monoisotopic (exact) mass is 673 g/mol. The molecule has 0 saturated carbocycles. The number of aromatic nitrogens is 2. The number of hydrogen-bond donors (Lipinski definition) is 4. The highest BCUT2D eigenvalue weighted by atomic mass is 32.1. The third-order valence-corrected chi connectivity index (χ3v) is 9.68. The minimum atomic E-state index is -0.535. The standard InChI is InChI=1S/C34H39N7O4S2/c1-21(2)29-33-39-26(19-47-33)30(43)36-15-6-16-41(34(45)24-11-9-22(10-12-24)13-14-35)18-28(42)37-25(17-23-7-4-3-5-8-23)32-38-27(20-46-32)31(44)40-29/h3-5,7-12,19-21,25,29H,6,13-18,35H2,1-2H3,(H,36,43)(H,37,42)(H,40,44)/t25?,29-/m0/s1. The minimum absolute atomic E-state index is 0.00118. The lowest BCUT2D eigenvalue weighted by molar-refractivity contribution is -0.122. The highest BCUT2D eigenvalue weighted by Crippen LogP contribution is 2.27. The Morgan fingerprint density at radius 2 is 1.60 bits per heavy atom. The average Bonchev–Trinajstić information content (AvgIpc) is 3.76. The van der Waals surface area contributed by atoms with Gasteiger partial charge in [-0.1, -0.05) is 56.3 Å². The number of nitrogens with one attached hydrogen (secondary N) is 3. The number of amides is 4. The van der Waals surface area contributed by atoms with Crippen LogP contribution in [-0.2, 0) is 17.6 Å². The number of carbonyl (C=O) groups excluding carboxylic acids is 4. The summed E-state index contributed by atoms with van der Waals surface area (Å²) in [6.07, 6.45) is 1.56. The lowest BCUT2D eigenvalue weighted by atomic mass is 10.0. The van der Waals surface area contributed by atoms with Crippen molar-refractivity contribution in [2.24, 2.45) is 11.7 Å². The van der Waals surface area contributed by atoms with Crippen molar-refractivity contribution in [3.8, 4) is 0 Å². The molecule has 5 N–H and O–H groups in total. The highest BCUT2D eigenvalue weighted by Gasteiger charge is 2.27. The molecule has 0 aliphatic carbocycles. The fourth-order valence-electron chi connectivity index (χ4n) is 5.26. The molecule has 0 fully saturated rings. The second-order valence-corrected chi connectivity index (χ2v) is 13.5. The van der Waals surface area contributed by atoms with Gasteiger partial charge in [-0.3, -0.25) is 19.2 Å². The van der Waals surface area contributed by atoms with Crippen LogP contribution in [0.3, 0.4) is 0 Å². The summed E-state index contributed by atoms with van der Waals surface area (Å²) in [5.74, 6) is -1.38. The second kappa shape index (κ2) is 15.9. The summed E-state index contributed by atoms with van der Waals surface area (Å²) in [5, 5.41) is 13.5. The van der Waals surface area contributed by atoms with Gasteiger partial charge in [0.1, 0.15) is 21.4 Å². The highest BCUT2D eigenvalue weighted by molar-refractivity contribution is 7.10. The Morgan fingerprint density at radius 1 is 0.915 bits per heavy atom. The Balaban J connectivity index is 1.45. The van der Waals surface area contributed by atoms with Gasteiger partial charge in [-0.05, 0) is 55.0 Å². The van der Waals surface area contributed by atoms with Crippen LogP contribution in [0.25, 0.3) is 0 Å². The van der Waals surface area contributed by atoms with Crippen molar-refractivity contribution in [2.45, 2.75) is 45.2 Å². The number of thiazole rings is 2. The van der Waals surface area contributed by atoms with Crippen molar-refractivity contribution in [1.82, 2.24) is 30.8 Å². The number of rotatable bonds is 6. The average molecular weight is 674 g/mol. The van der Waals surface area contributed by atoms with Crippen molar-refractivity contribution in [3.05, 3.63) is 103 Å². The molecule has 246 valence electrons. The second-order valence-electron chi connectivity index (χ2n) is 11.7. The van der Waals surface area contributed by atoms with Crippen molar-refractivity contribution in [2.75, 3.05) is 26.2 Å². The molecule has 0 saturated heterocycles. The van der Waals surface area contributed by atoms with E-state index in [0.29, 0.717) is 41.4 Å². The number of fused-ring (bicyclic) bond motifs is 4. The zero-order chi connectivity index (χ0) is 33.3. The Hall–Kier alpha value is -4.46. The van der Waals surface area contributed by atoms with Crippen molar-refractivity contribution >= 4 is 46.3 Å². The Bertz CT molecular complexity index is 1690. The zero-order valence-corrected chi connectivity index (χ0v) is 28.0. The third kappa shape index (κ3) is 8.88. The van der Waals surface area contributed by atoms with Crippen LogP contribution in [0.4, 0.5) is 0 Å². The fourth-order valence-corrected chi connectivity index (χ4v) is 7.13. The molecule has 4 bridgehead atoms. The summed E-state index contributed by atoms with van der Waals surface area (Å²) in [5.41, 5.74) is 8.62. The van der Waals surface area contributed by atoms with Crippen LogP contribution in [0.5, 0.6) is 0 Å². The molecule has 1 aliphatic rings. The number of nitrogens with two attached hydrogens (primary N) is 1. The summed E-state index contributed by atoms with van der Waals surface area (Å²) in [7, 11) is 0.